The molecule has 1 heterocycles. The van der Waals surface area contributed by atoms with Crippen LogP contribution in [0, 0.1) is 10.1 Å². The molecule has 1 saturated heterocycles. The Morgan fingerprint density at radius 3 is 2.52 bits per heavy atom. The lowest BCUT2D eigenvalue weighted by Crippen LogP contribution is -2.52. The predicted octanol–water partition coefficient (Wildman–Crippen LogP) is 3.61. The third-order valence-electron chi connectivity index (χ3n) is 4.18. The van der Waals surface area contributed by atoms with E-state index in [2.05, 4.69) is 10.6 Å². The highest BCUT2D eigenvalue weighted by molar-refractivity contribution is 5.92. The molecule has 1 aliphatic rings. The van der Waals surface area contributed by atoms with Crippen molar-refractivity contribution in [3.63, 3.8) is 0 Å². The zero-order valence-corrected chi connectivity index (χ0v) is 15.0. The minimum absolute atomic E-state index is 0.120. The molecule has 2 N–H and O–H groups in total. The molecule has 1 fully saturated rings. The van der Waals surface area contributed by atoms with Gasteiger partial charge in [-0.15, -0.1) is 0 Å². The largest absolute Gasteiger partial charge is 0.348 e. The first-order valence-corrected chi connectivity index (χ1v) is 8.53. The van der Waals surface area contributed by atoms with Crippen LogP contribution in [-0.4, -0.2) is 29.4 Å². The summed E-state index contributed by atoms with van der Waals surface area (Å²) in [6.45, 7) is 3.87. The first kappa shape index (κ1) is 18.8. The Hall–Kier alpha value is -2.97. The van der Waals surface area contributed by atoms with Crippen LogP contribution < -0.4 is 10.6 Å². The summed E-state index contributed by atoms with van der Waals surface area (Å²) in [5.74, 6) is -0.784. The van der Waals surface area contributed by atoms with E-state index in [1.54, 1.807) is 6.07 Å². The molecule has 1 aliphatic heterocycles. The minimum Gasteiger partial charge on any atom is -0.348 e. The van der Waals surface area contributed by atoms with Crippen LogP contribution in [0.5, 0.6) is 0 Å². The molecule has 0 radical (unpaired) electrons. The number of nitro benzene ring substituents is 1. The molecule has 2 atom stereocenters. The number of para-hydroxylation sites is 2. The lowest BCUT2D eigenvalue weighted by molar-refractivity contribution is -0.383. The summed E-state index contributed by atoms with van der Waals surface area (Å²) >= 11 is 0. The van der Waals surface area contributed by atoms with Gasteiger partial charge in [0.15, 0.2) is 5.79 Å². The van der Waals surface area contributed by atoms with E-state index in [1.807, 2.05) is 44.2 Å². The molecular weight excluding hydrogens is 350 g/mol. The van der Waals surface area contributed by atoms with Crippen molar-refractivity contribution >= 4 is 17.4 Å². The van der Waals surface area contributed by atoms with Gasteiger partial charge in [-0.05, 0) is 25.5 Å². The van der Waals surface area contributed by atoms with E-state index in [0.29, 0.717) is 0 Å². The van der Waals surface area contributed by atoms with E-state index in [-0.39, 0.29) is 18.0 Å². The molecule has 2 amide bonds. The summed E-state index contributed by atoms with van der Waals surface area (Å²) < 4.78 is 11.7. The van der Waals surface area contributed by atoms with Gasteiger partial charge in [-0.1, -0.05) is 42.5 Å². The van der Waals surface area contributed by atoms with Crippen LogP contribution in [0.25, 0.3) is 0 Å². The highest BCUT2D eigenvalue weighted by Crippen LogP contribution is 2.33. The first-order chi connectivity index (χ1) is 12.9. The molecule has 2 aromatic rings. The molecule has 142 valence electrons. The van der Waals surface area contributed by atoms with Crippen LogP contribution in [-0.2, 0) is 9.47 Å². The van der Waals surface area contributed by atoms with Gasteiger partial charge in [0.2, 0.25) is 0 Å². The van der Waals surface area contributed by atoms with Crippen LogP contribution in [0.2, 0.25) is 0 Å². The number of urea groups is 1. The van der Waals surface area contributed by atoms with Gasteiger partial charge >= 0.3 is 6.03 Å². The summed E-state index contributed by atoms with van der Waals surface area (Å²) in [5.41, 5.74) is 0.851. The second-order valence-electron chi connectivity index (χ2n) is 6.64. The zero-order chi connectivity index (χ0) is 19.4. The zero-order valence-electron chi connectivity index (χ0n) is 15.0. The van der Waals surface area contributed by atoms with Gasteiger partial charge < -0.3 is 20.1 Å². The Morgan fingerprint density at radius 1 is 1.15 bits per heavy atom. The number of anilines is 1. The van der Waals surface area contributed by atoms with Gasteiger partial charge in [0.25, 0.3) is 5.69 Å². The van der Waals surface area contributed by atoms with Crippen molar-refractivity contribution in [2.45, 2.75) is 31.8 Å². The Bertz CT molecular complexity index is 825. The fourth-order valence-electron chi connectivity index (χ4n) is 2.93. The average molecular weight is 371 g/mol. The van der Waals surface area contributed by atoms with Gasteiger partial charge in [-0.3, -0.25) is 10.1 Å². The second kappa shape index (κ2) is 7.73. The molecule has 2 aromatic carbocycles. The van der Waals surface area contributed by atoms with Crippen molar-refractivity contribution in [3.05, 3.63) is 70.3 Å². The number of hydrogen-bond donors (Lipinski definition) is 2. The van der Waals surface area contributed by atoms with Crippen LogP contribution in [0.15, 0.2) is 54.6 Å². The van der Waals surface area contributed by atoms with Crippen LogP contribution in [0.4, 0.5) is 16.2 Å². The van der Waals surface area contributed by atoms with Crippen LogP contribution >= 0.6 is 0 Å². The van der Waals surface area contributed by atoms with Crippen molar-refractivity contribution in [3.8, 4) is 0 Å². The molecule has 0 saturated carbocycles. The van der Waals surface area contributed by atoms with Gasteiger partial charge in [-0.25, -0.2) is 4.79 Å². The number of carbonyl (C=O) groups excluding carboxylic acids is 1. The molecule has 0 aromatic heterocycles. The molecule has 0 aliphatic carbocycles. The number of nitrogens with zero attached hydrogens (tertiary/aromatic N) is 1. The molecule has 27 heavy (non-hydrogen) atoms. The highest BCUT2D eigenvalue weighted by Gasteiger charge is 2.38. The van der Waals surface area contributed by atoms with Crippen molar-refractivity contribution in [2.75, 3.05) is 11.9 Å². The molecule has 0 unspecified atom stereocenters. The van der Waals surface area contributed by atoms with Crippen molar-refractivity contribution in [1.82, 2.24) is 5.32 Å². The lowest BCUT2D eigenvalue weighted by Gasteiger charge is -2.41. The fourth-order valence-corrected chi connectivity index (χ4v) is 2.93. The third-order valence-corrected chi connectivity index (χ3v) is 4.18. The monoisotopic (exact) mass is 371 g/mol. The Balaban J connectivity index is 1.75. The van der Waals surface area contributed by atoms with Crippen molar-refractivity contribution in [2.24, 2.45) is 0 Å². The number of nitro groups is 1. The molecule has 0 spiro atoms. The quantitative estimate of drug-likeness (QED) is 0.631. The summed E-state index contributed by atoms with van der Waals surface area (Å²) in [7, 11) is 0. The van der Waals surface area contributed by atoms with Gasteiger partial charge in [0.05, 0.1) is 17.6 Å². The second-order valence-corrected chi connectivity index (χ2v) is 6.64. The average Bonchev–Trinajstić information content (AvgIpc) is 2.64. The maximum Gasteiger partial charge on any atom is 0.319 e. The number of amides is 2. The number of benzene rings is 2. The topological polar surface area (TPSA) is 103 Å². The summed E-state index contributed by atoms with van der Waals surface area (Å²) in [6, 6.07) is 14.5. The standard InChI is InChI=1S/C19H21N3O5/c1-19(2)26-12-15(17(27-19)13-8-4-3-5-9-13)21-18(23)20-14-10-6-7-11-16(14)22(24)25/h3-11,15,17H,12H2,1-2H3,(H2,20,21,23)/t15-,17-/m0/s1. The maximum absolute atomic E-state index is 12.4. The van der Waals surface area contributed by atoms with Gasteiger partial charge in [0, 0.05) is 6.07 Å². The van der Waals surface area contributed by atoms with E-state index in [9.17, 15) is 14.9 Å². The fraction of sp³-hybridized carbons (Fsp3) is 0.316. The number of carbonyl (C=O) groups is 1. The number of rotatable bonds is 4. The van der Waals surface area contributed by atoms with E-state index in [1.165, 1.54) is 18.2 Å². The first-order valence-electron chi connectivity index (χ1n) is 8.53. The molecule has 0 bridgehead atoms. The number of hydrogen-bond acceptors (Lipinski definition) is 5. The normalized spacial score (nSPS) is 21.3. The third kappa shape index (κ3) is 4.60. The number of ether oxygens (including phenoxy) is 2. The Morgan fingerprint density at radius 2 is 1.81 bits per heavy atom. The molecule has 8 heteroatoms. The summed E-state index contributed by atoms with van der Waals surface area (Å²) in [4.78, 5) is 23.0. The van der Waals surface area contributed by atoms with Crippen LogP contribution in [0.3, 0.4) is 0 Å². The molecule has 8 nitrogen and oxygen atoms in total. The smallest absolute Gasteiger partial charge is 0.319 e. The van der Waals surface area contributed by atoms with Crippen molar-refractivity contribution < 1.29 is 19.2 Å². The van der Waals surface area contributed by atoms with E-state index < -0.39 is 28.9 Å². The Labute approximate surface area is 156 Å². The lowest BCUT2D eigenvalue weighted by atomic mass is 10.0. The van der Waals surface area contributed by atoms with Gasteiger partial charge in [-0.2, -0.15) is 0 Å². The SMILES string of the molecule is CC1(C)OC[C@H](NC(=O)Nc2ccccc2[N+](=O)[O-])[C@H](c2ccccc2)O1. The van der Waals surface area contributed by atoms with Crippen molar-refractivity contribution in [1.29, 1.82) is 0 Å². The van der Waals surface area contributed by atoms with Crippen LogP contribution in [0.1, 0.15) is 25.5 Å². The summed E-state index contributed by atoms with van der Waals surface area (Å²) in [6.07, 6.45) is -0.411. The predicted molar refractivity (Wildman–Crippen MR) is 99.3 cm³/mol. The highest BCUT2D eigenvalue weighted by atomic mass is 16.7. The van der Waals surface area contributed by atoms with Gasteiger partial charge in [0.1, 0.15) is 11.8 Å². The Kier molecular flexibility index (Phi) is 5.38. The minimum atomic E-state index is -0.784. The molecular formula is C19H21N3O5. The maximum atomic E-state index is 12.4. The van der Waals surface area contributed by atoms with E-state index in [4.69, 9.17) is 9.47 Å². The van der Waals surface area contributed by atoms with E-state index in [0.717, 1.165) is 5.56 Å². The summed E-state index contributed by atoms with van der Waals surface area (Å²) in [5, 5.41) is 16.4. The van der Waals surface area contributed by atoms with E-state index >= 15 is 0 Å². The number of nitrogens with one attached hydrogen (secondary N) is 2. The molecule has 3 rings (SSSR count).